The lowest BCUT2D eigenvalue weighted by atomic mass is 9.97. The van der Waals surface area contributed by atoms with Gasteiger partial charge in [-0.15, -0.1) is 23.5 Å². The number of aryl methyl sites for hydroxylation is 1. The summed E-state index contributed by atoms with van der Waals surface area (Å²) in [5.41, 5.74) is 6.60. The summed E-state index contributed by atoms with van der Waals surface area (Å²) in [6, 6.07) is 13.1. The molecule has 2 aliphatic rings. The number of nitrogens with two attached hydrogens (primary N) is 1. The van der Waals surface area contributed by atoms with Crippen molar-refractivity contribution in [2.45, 2.75) is 43.7 Å². The van der Waals surface area contributed by atoms with Crippen LogP contribution < -0.4 is 5.73 Å². The van der Waals surface area contributed by atoms with E-state index in [0.29, 0.717) is 5.84 Å². The number of nitrogens with zero attached hydrogens (tertiary/aromatic N) is 3. The van der Waals surface area contributed by atoms with Crippen LogP contribution in [0.4, 0.5) is 0 Å². The predicted octanol–water partition coefficient (Wildman–Crippen LogP) is 4.42. The third kappa shape index (κ3) is 2.25. The van der Waals surface area contributed by atoms with Gasteiger partial charge >= 0.3 is 0 Å². The molecular weight excluding hydrogens is 360 g/mol. The van der Waals surface area contributed by atoms with Gasteiger partial charge in [0.25, 0.3) is 0 Å². The van der Waals surface area contributed by atoms with Crippen LogP contribution in [-0.2, 0) is 0 Å². The number of hydrogen-bond acceptors (Lipinski definition) is 6. The van der Waals surface area contributed by atoms with Crippen molar-refractivity contribution < 1.29 is 0 Å². The van der Waals surface area contributed by atoms with E-state index in [1.54, 1.807) is 23.5 Å². The Kier molecular flexibility index (Phi) is 5.03. The molecule has 6 heteroatoms. The first-order valence-electron chi connectivity index (χ1n) is 9.02. The molecule has 1 saturated carbocycles. The van der Waals surface area contributed by atoms with Gasteiger partial charge in [-0.1, -0.05) is 43.7 Å². The van der Waals surface area contributed by atoms with Crippen LogP contribution >= 0.6 is 23.5 Å². The first kappa shape index (κ1) is 19.1. The lowest BCUT2D eigenvalue weighted by molar-refractivity contribution is 0.563. The van der Waals surface area contributed by atoms with Gasteiger partial charge in [0.1, 0.15) is 16.7 Å². The first-order chi connectivity index (χ1) is 12.5. The summed E-state index contributed by atoms with van der Waals surface area (Å²) in [5, 5.41) is 20.5. The van der Waals surface area contributed by atoms with Gasteiger partial charge in [0.15, 0.2) is 4.20 Å². The number of amidine groups is 1. The largest absolute Gasteiger partial charge is 0.386 e. The Balaban J connectivity index is 2.15. The van der Waals surface area contributed by atoms with Gasteiger partial charge in [0, 0.05) is 5.92 Å². The molecule has 1 fully saturated rings. The van der Waals surface area contributed by atoms with Crippen molar-refractivity contribution in [3.8, 4) is 12.1 Å². The Hall–Kier alpha value is -1.63. The highest BCUT2D eigenvalue weighted by Crippen LogP contribution is 2.85. The normalized spacial score (nSPS) is 30.8. The van der Waals surface area contributed by atoms with Crippen molar-refractivity contribution in [1.29, 1.82) is 10.5 Å². The van der Waals surface area contributed by atoms with Crippen LogP contribution in [0.3, 0.4) is 0 Å². The Bertz CT molecular complexity index is 797. The molecule has 0 spiro atoms. The molecule has 26 heavy (non-hydrogen) atoms. The van der Waals surface area contributed by atoms with E-state index in [0.717, 1.165) is 35.5 Å². The van der Waals surface area contributed by atoms with Gasteiger partial charge < -0.3 is 5.73 Å². The number of benzene rings is 1. The lowest BCUT2D eigenvalue weighted by Crippen LogP contribution is -2.32. The minimum atomic E-state index is -1.02. The van der Waals surface area contributed by atoms with Crippen LogP contribution in [-0.4, -0.2) is 21.5 Å². The fourth-order valence-electron chi connectivity index (χ4n) is 4.10. The predicted molar refractivity (Wildman–Crippen MR) is 110 cm³/mol. The molecule has 1 aromatic carbocycles. The Morgan fingerprint density at radius 1 is 1.08 bits per heavy atom. The van der Waals surface area contributed by atoms with E-state index >= 15 is 0 Å². The molecule has 1 aliphatic heterocycles. The third-order valence-electron chi connectivity index (χ3n) is 5.34. The molecule has 136 valence electrons. The standard InChI is InChI=1S/C20H24N4S2/c1-4-10-25-20(26-11-5-2)19(13-22)16(15-8-6-14(3)7-9-15)18(19,12-21)17(23)24-20/h6-9,16H,4-5,10-11H2,1-3H3,(H2,23,24). The van der Waals surface area contributed by atoms with Gasteiger partial charge in [-0.05, 0) is 36.8 Å². The fourth-order valence-corrected chi connectivity index (χ4v) is 7.32. The number of nitriles is 2. The smallest absolute Gasteiger partial charge is 0.175 e. The summed E-state index contributed by atoms with van der Waals surface area (Å²) >= 11 is 3.37. The average molecular weight is 385 g/mol. The minimum Gasteiger partial charge on any atom is -0.386 e. The Morgan fingerprint density at radius 3 is 2.12 bits per heavy atom. The van der Waals surface area contributed by atoms with E-state index in [4.69, 9.17) is 10.7 Å². The van der Waals surface area contributed by atoms with E-state index in [2.05, 4.69) is 26.0 Å². The van der Waals surface area contributed by atoms with Gasteiger partial charge in [-0.3, -0.25) is 0 Å². The quantitative estimate of drug-likeness (QED) is 0.703. The van der Waals surface area contributed by atoms with E-state index in [-0.39, 0.29) is 5.92 Å². The van der Waals surface area contributed by atoms with Gasteiger partial charge in [0.05, 0.1) is 12.1 Å². The molecule has 0 radical (unpaired) electrons. The van der Waals surface area contributed by atoms with Crippen molar-refractivity contribution in [2.24, 2.45) is 21.6 Å². The molecule has 4 nitrogen and oxygen atoms in total. The van der Waals surface area contributed by atoms with Crippen molar-refractivity contribution in [3.05, 3.63) is 35.4 Å². The van der Waals surface area contributed by atoms with Crippen molar-refractivity contribution in [3.63, 3.8) is 0 Å². The zero-order valence-electron chi connectivity index (χ0n) is 15.5. The highest BCUT2D eigenvalue weighted by atomic mass is 32.2. The second-order valence-electron chi connectivity index (χ2n) is 6.96. The van der Waals surface area contributed by atoms with Crippen molar-refractivity contribution >= 4 is 29.4 Å². The van der Waals surface area contributed by atoms with E-state index in [9.17, 15) is 10.5 Å². The van der Waals surface area contributed by atoms with Crippen LogP contribution in [0.5, 0.6) is 0 Å². The summed E-state index contributed by atoms with van der Waals surface area (Å²) < 4.78 is -0.705. The monoisotopic (exact) mass is 384 g/mol. The van der Waals surface area contributed by atoms with Crippen molar-refractivity contribution in [2.75, 3.05) is 11.5 Å². The number of aliphatic imine (C=N–C) groups is 1. The number of hydrogen-bond donors (Lipinski definition) is 1. The molecule has 2 N–H and O–H groups in total. The number of fused-ring (bicyclic) bond motifs is 1. The summed E-state index contributed by atoms with van der Waals surface area (Å²) in [6.07, 6.45) is 1.98. The van der Waals surface area contributed by atoms with Crippen LogP contribution in [0.25, 0.3) is 0 Å². The second-order valence-corrected chi connectivity index (χ2v) is 9.79. The molecule has 0 saturated heterocycles. The van der Waals surface area contributed by atoms with Crippen LogP contribution in [0.15, 0.2) is 29.3 Å². The molecule has 3 rings (SSSR count). The maximum absolute atomic E-state index is 10.3. The van der Waals surface area contributed by atoms with Crippen LogP contribution in [0.1, 0.15) is 43.7 Å². The van der Waals surface area contributed by atoms with E-state index in [1.807, 2.05) is 31.2 Å². The highest BCUT2D eigenvalue weighted by molar-refractivity contribution is 8.18. The SMILES string of the molecule is CCCSC1(SCCC)N=C(N)C2(C#N)C(c3ccc(C)cc3)C12C#N. The fraction of sp³-hybridized carbons (Fsp3) is 0.550. The van der Waals surface area contributed by atoms with Crippen molar-refractivity contribution in [1.82, 2.24) is 0 Å². The Labute approximate surface area is 164 Å². The molecule has 0 bridgehead atoms. The molecular formula is C20H24N4S2. The minimum absolute atomic E-state index is 0.225. The maximum Gasteiger partial charge on any atom is 0.175 e. The second kappa shape index (κ2) is 6.83. The molecule has 1 heterocycles. The van der Waals surface area contributed by atoms with E-state index < -0.39 is 15.0 Å². The third-order valence-corrected chi connectivity index (χ3v) is 8.88. The zero-order valence-corrected chi connectivity index (χ0v) is 17.1. The molecule has 3 unspecified atom stereocenters. The molecule has 0 amide bonds. The molecule has 3 atom stereocenters. The molecule has 1 aromatic rings. The van der Waals surface area contributed by atoms with Crippen LogP contribution in [0, 0.1) is 40.4 Å². The van der Waals surface area contributed by atoms with Crippen LogP contribution in [0.2, 0.25) is 0 Å². The molecule has 0 aromatic heterocycles. The Morgan fingerprint density at radius 2 is 1.65 bits per heavy atom. The maximum atomic E-state index is 10.3. The zero-order chi connectivity index (χ0) is 19.0. The van der Waals surface area contributed by atoms with E-state index in [1.165, 1.54) is 0 Å². The highest BCUT2D eigenvalue weighted by Gasteiger charge is 2.91. The number of rotatable bonds is 7. The topological polar surface area (TPSA) is 86.0 Å². The first-order valence-corrected chi connectivity index (χ1v) is 11.0. The number of thioether (sulfide) groups is 2. The molecule has 1 aliphatic carbocycles. The van der Waals surface area contributed by atoms with Gasteiger partial charge in [-0.2, -0.15) is 10.5 Å². The summed E-state index contributed by atoms with van der Waals surface area (Å²) in [4.78, 5) is 4.78. The van der Waals surface area contributed by atoms with Gasteiger partial charge in [0.2, 0.25) is 0 Å². The lowest BCUT2D eigenvalue weighted by Gasteiger charge is -2.32. The summed E-state index contributed by atoms with van der Waals surface area (Å²) in [7, 11) is 0. The summed E-state index contributed by atoms with van der Waals surface area (Å²) in [5.74, 6) is 1.88. The summed E-state index contributed by atoms with van der Waals surface area (Å²) in [6.45, 7) is 6.27. The average Bonchev–Trinajstić information content (AvgIpc) is 3.23. The van der Waals surface area contributed by atoms with Gasteiger partial charge in [-0.25, -0.2) is 4.99 Å².